The predicted molar refractivity (Wildman–Crippen MR) is 106 cm³/mol. The molecule has 2 aliphatic rings. The van der Waals surface area contributed by atoms with E-state index in [-0.39, 0.29) is 34.5 Å². The highest BCUT2D eigenvalue weighted by atomic mass is 35.5. The molecule has 1 aromatic rings. The van der Waals surface area contributed by atoms with Gasteiger partial charge in [-0.05, 0) is 35.6 Å². The first-order valence-electron chi connectivity index (χ1n) is 8.99. The van der Waals surface area contributed by atoms with E-state index >= 15 is 0 Å². The van der Waals surface area contributed by atoms with E-state index in [0.29, 0.717) is 13.2 Å². The molecule has 28 heavy (non-hydrogen) atoms. The molecule has 7 nitrogen and oxygen atoms in total. The molecule has 1 fully saturated rings. The normalized spacial score (nSPS) is 22.1. The number of sulfonamides is 1. The Bertz CT molecular complexity index is 913. The largest absolute Gasteiger partial charge is 0.478 e. The van der Waals surface area contributed by atoms with Crippen LogP contribution in [0.15, 0.2) is 29.8 Å². The first-order valence-corrected chi connectivity index (χ1v) is 10.9. The summed E-state index contributed by atoms with van der Waals surface area (Å²) in [5.74, 6) is -2.46. The maximum Gasteiger partial charge on any atom is 0.332 e. The molecule has 2 N–H and O–H groups in total. The second-order valence-electron chi connectivity index (χ2n) is 8.03. The van der Waals surface area contributed by atoms with Gasteiger partial charge in [-0.25, -0.2) is 13.2 Å². The van der Waals surface area contributed by atoms with Gasteiger partial charge in [-0.15, -0.1) is 0 Å². The quantitative estimate of drug-likeness (QED) is 0.761. The lowest BCUT2D eigenvalue weighted by Crippen LogP contribution is -2.41. The van der Waals surface area contributed by atoms with E-state index in [1.54, 1.807) is 18.2 Å². The molecule has 1 heterocycles. The van der Waals surface area contributed by atoms with Crippen LogP contribution in [0.2, 0.25) is 5.02 Å². The number of anilines is 1. The molecule has 1 atom stereocenters. The summed E-state index contributed by atoms with van der Waals surface area (Å²) >= 11 is 6.28. The Labute approximate surface area is 169 Å². The summed E-state index contributed by atoms with van der Waals surface area (Å²) in [6.45, 7) is 6.76. The van der Waals surface area contributed by atoms with Crippen LogP contribution in [0.3, 0.4) is 0 Å². The van der Waals surface area contributed by atoms with E-state index < -0.39 is 27.0 Å². The minimum atomic E-state index is -4.04. The van der Waals surface area contributed by atoms with Gasteiger partial charge in [0.2, 0.25) is 10.0 Å². The molecule has 1 spiro atoms. The van der Waals surface area contributed by atoms with Crippen LogP contribution in [-0.4, -0.2) is 43.7 Å². The predicted octanol–water partition coefficient (Wildman–Crippen LogP) is 3.30. The van der Waals surface area contributed by atoms with E-state index in [0.717, 1.165) is 5.56 Å². The maximum atomic E-state index is 13.0. The lowest BCUT2D eigenvalue weighted by molar-refractivity contribution is -0.138. The van der Waals surface area contributed by atoms with Gasteiger partial charge in [-0.3, -0.25) is 4.72 Å². The first-order chi connectivity index (χ1) is 12.9. The first kappa shape index (κ1) is 21.1. The molecule has 0 saturated carbocycles. The van der Waals surface area contributed by atoms with Crippen LogP contribution in [0.25, 0.3) is 0 Å². The summed E-state index contributed by atoms with van der Waals surface area (Å²) in [6, 6.07) is 5.11. The number of benzene rings is 1. The van der Waals surface area contributed by atoms with Gasteiger partial charge in [0.05, 0.1) is 29.5 Å². The highest BCUT2D eigenvalue weighted by Gasteiger charge is 2.45. The van der Waals surface area contributed by atoms with Gasteiger partial charge in [-0.1, -0.05) is 38.4 Å². The Morgan fingerprint density at radius 1 is 1.29 bits per heavy atom. The van der Waals surface area contributed by atoms with E-state index in [9.17, 15) is 18.3 Å². The average molecular weight is 430 g/mol. The minimum absolute atomic E-state index is 0.0607. The van der Waals surface area contributed by atoms with E-state index in [4.69, 9.17) is 21.1 Å². The van der Waals surface area contributed by atoms with Crippen molar-refractivity contribution < 1.29 is 27.8 Å². The number of rotatable bonds is 4. The fraction of sp³-hybridized carbons (Fsp3) is 0.526. The molecule has 1 aromatic carbocycles. The van der Waals surface area contributed by atoms with Gasteiger partial charge < -0.3 is 14.6 Å². The lowest BCUT2D eigenvalue weighted by atomic mass is 9.87. The second-order valence-corrected chi connectivity index (χ2v) is 10.3. The van der Waals surface area contributed by atoms with E-state index in [2.05, 4.69) is 4.72 Å². The van der Waals surface area contributed by atoms with Crippen molar-refractivity contribution in [2.75, 3.05) is 17.9 Å². The van der Waals surface area contributed by atoms with Crippen molar-refractivity contribution in [2.45, 2.75) is 50.1 Å². The van der Waals surface area contributed by atoms with Gasteiger partial charge in [0, 0.05) is 6.42 Å². The third kappa shape index (κ3) is 4.20. The van der Waals surface area contributed by atoms with Gasteiger partial charge in [0.1, 0.15) is 5.25 Å². The molecule has 1 aliphatic carbocycles. The molecule has 1 aliphatic heterocycles. The molecular formula is C19H24ClNO6S. The van der Waals surface area contributed by atoms with Crippen molar-refractivity contribution in [2.24, 2.45) is 0 Å². The number of hydrogen-bond donors (Lipinski definition) is 2. The summed E-state index contributed by atoms with van der Waals surface area (Å²) in [5.41, 5.74) is 0.775. The monoisotopic (exact) mass is 429 g/mol. The van der Waals surface area contributed by atoms with Crippen molar-refractivity contribution in [3.63, 3.8) is 0 Å². The van der Waals surface area contributed by atoms with E-state index in [1.165, 1.54) is 6.08 Å². The van der Waals surface area contributed by atoms with Gasteiger partial charge in [-0.2, -0.15) is 0 Å². The average Bonchev–Trinajstić information content (AvgIpc) is 3.03. The number of halogens is 1. The Hall–Kier alpha value is -1.61. The third-order valence-electron chi connectivity index (χ3n) is 4.96. The number of carboxylic acid groups (broad SMARTS) is 1. The van der Waals surface area contributed by atoms with Crippen LogP contribution in [0.1, 0.15) is 39.2 Å². The molecule has 1 saturated heterocycles. The van der Waals surface area contributed by atoms with Crippen molar-refractivity contribution in [3.05, 3.63) is 40.4 Å². The van der Waals surface area contributed by atoms with Gasteiger partial charge >= 0.3 is 5.97 Å². The van der Waals surface area contributed by atoms with Crippen molar-refractivity contribution in [1.29, 1.82) is 0 Å². The highest BCUT2D eigenvalue weighted by molar-refractivity contribution is 7.93. The molecule has 0 amide bonds. The fourth-order valence-corrected chi connectivity index (χ4v) is 5.24. The SMILES string of the molecule is CC(C)(C)c1ccc(NS(=O)(=O)C2CCC3(C=C2C(=O)O)OCCO3)c(Cl)c1. The van der Waals surface area contributed by atoms with Crippen LogP contribution < -0.4 is 4.72 Å². The zero-order valence-corrected chi connectivity index (χ0v) is 17.6. The Balaban J connectivity index is 1.89. The Morgan fingerprint density at radius 2 is 1.93 bits per heavy atom. The fourth-order valence-electron chi connectivity index (χ4n) is 3.40. The molecule has 0 aromatic heterocycles. The smallest absolute Gasteiger partial charge is 0.332 e. The highest BCUT2D eigenvalue weighted by Crippen LogP contribution is 2.38. The number of hydrogen-bond acceptors (Lipinski definition) is 5. The molecule has 3 rings (SSSR count). The van der Waals surface area contributed by atoms with Crippen LogP contribution in [0.5, 0.6) is 0 Å². The molecule has 154 valence electrons. The van der Waals surface area contributed by atoms with E-state index in [1.807, 2.05) is 20.8 Å². The van der Waals surface area contributed by atoms with Crippen molar-refractivity contribution in [1.82, 2.24) is 0 Å². The van der Waals surface area contributed by atoms with Crippen LogP contribution >= 0.6 is 11.6 Å². The molecule has 0 bridgehead atoms. The zero-order valence-electron chi connectivity index (χ0n) is 16.0. The van der Waals surface area contributed by atoms with Gasteiger partial charge in [0.15, 0.2) is 5.79 Å². The van der Waals surface area contributed by atoms with Crippen LogP contribution in [0, 0.1) is 0 Å². The van der Waals surface area contributed by atoms with Crippen LogP contribution in [0.4, 0.5) is 5.69 Å². The third-order valence-corrected chi connectivity index (χ3v) is 7.02. The van der Waals surface area contributed by atoms with Crippen molar-refractivity contribution in [3.8, 4) is 0 Å². The minimum Gasteiger partial charge on any atom is -0.478 e. The van der Waals surface area contributed by atoms with Crippen LogP contribution in [-0.2, 0) is 29.7 Å². The summed E-state index contributed by atoms with van der Waals surface area (Å²) in [5, 5.41) is 8.59. The number of carbonyl (C=O) groups is 1. The molecule has 9 heteroatoms. The zero-order chi connectivity index (χ0) is 20.7. The summed E-state index contributed by atoms with van der Waals surface area (Å²) < 4.78 is 39.4. The second kappa shape index (κ2) is 7.33. The molecule has 1 unspecified atom stereocenters. The number of ether oxygens (including phenoxy) is 2. The standard InChI is InChI=1S/C19H24ClNO6S/c1-18(2,3)12-4-5-15(14(20)10-12)21-28(24,25)16-6-7-19(26-8-9-27-19)11-13(16)17(22)23/h4-5,10-11,16,21H,6-9H2,1-3H3,(H,22,23). The lowest BCUT2D eigenvalue weighted by Gasteiger charge is -2.32. The molecule has 0 radical (unpaired) electrons. The molecular weight excluding hydrogens is 406 g/mol. The summed E-state index contributed by atoms with van der Waals surface area (Å²) in [4.78, 5) is 11.7. The summed E-state index contributed by atoms with van der Waals surface area (Å²) in [6.07, 6.45) is 1.59. The number of aliphatic carboxylic acids is 1. The maximum absolute atomic E-state index is 13.0. The summed E-state index contributed by atoms with van der Waals surface area (Å²) in [7, 11) is -4.04. The Kier molecular flexibility index (Phi) is 5.53. The topological polar surface area (TPSA) is 102 Å². The number of carboxylic acids is 1. The van der Waals surface area contributed by atoms with Gasteiger partial charge in [0.25, 0.3) is 0 Å². The Morgan fingerprint density at radius 3 is 2.46 bits per heavy atom. The van der Waals surface area contributed by atoms with Crippen molar-refractivity contribution >= 4 is 33.3 Å². The number of nitrogens with one attached hydrogen (secondary N) is 1.